The molecular formula is C20H23NO2. The van der Waals surface area contributed by atoms with Crippen molar-refractivity contribution in [1.82, 2.24) is 4.90 Å². The third-order valence-corrected chi connectivity index (χ3v) is 4.78. The van der Waals surface area contributed by atoms with Gasteiger partial charge >= 0.3 is 0 Å². The Morgan fingerprint density at radius 2 is 1.52 bits per heavy atom. The lowest BCUT2D eigenvalue weighted by Gasteiger charge is -2.31. The van der Waals surface area contributed by atoms with Crippen molar-refractivity contribution in [1.29, 1.82) is 0 Å². The van der Waals surface area contributed by atoms with E-state index in [0.717, 1.165) is 19.4 Å². The largest absolute Gasteiger partial charge is 0.339 e. The van der Waals surface area contributed by atoms with E-state index in [2.05, 4.69) is 67.5 Å². The van der Waals surface area contributed by atoms with E-state index in [0.29, 0.717) is 6.61 Å². The van der Waals surface area contributed by atoms with E-state index in [9.17, 15) is 0 Å². The van der Waals surface area contributed by atoms with Gasteiger partial charge < -0.3 is 14.4 Å². The highest BCUT2D eigenvalue weighted by Crippen LogP contribution is 2.45. The summed E-state index contributed by atoms with van der Waals surface area (Å²) in [7, 11) is 4.15. The Balaban J connectivity index is 1.84. The van der Waals surface area contributed by atoms with Crippen LogP contribution in [-0.4, -0.2) is 38.3 Å². The van der Waals surface area contributed by atoms with E-state index in [1.165, 1.54) is 22.3 Å². The fraction of sp³-hybridized carbons (Fsp3) is 0.400. The standard InChI is InChI=1S/C20H23NO2/c1-21(2)13-17-14-22-20(23-17)18-9-5-3-7-15(18)11-12-16-8-4-6-10-19(16)20/h3-10,17H,11-14H2,1-2H3. The number of likely N-dealkylation sites (N-methyl/N-ethyl adjacent to an activating group) is 1. The number of ether oxygens (including phenoxy) is 2. The zero-order chi connectivity index (χ0) is 15.9. The maximum atomic E-state index is 6.57. The summed E-state index contributed by atoms with van der Waals surface area (Å²) in [4.78, 5) is 2.15. The molecule has 23 heavy (non-hydrogen) atoms. The summed E-state index contributed by atoms with van der Waals surface area (Å²) in [6.07, 6.45) is 2.14. The molecule has 3 nitrogen and oxygen atoms in total. The van der Waals surface area contributed by atoms with Crippen molar-refractivity contribution < 1.29 is 9.47 Å². The van der Waals surface area contributed by atoms with Gasteiger partial charge in [-0.2, -0.15) is 0 Å². The molecular weight excluding hydrogens is 286 g/mol. The highest BCUT2D eigenvalue weighted by Gasteiger charge is 2.47. The second-order valence-electron chi connectivity index (χ2n) is 6.74. The monoisotopic (exact) mass is 309 g/mol. The molecule has 0 radical (unpaired) electrons. The Bertz CT molecular complexity index is 663. The summed E-state index contributed by atoms with van der Waals surface area (Å²) in [5, 5.41) is 0. The predicted octanol–water partition coefficient (Wildman–Crippen LogP) is 2.96. The topological polar surface area (TPSA) is 21.7 Å². The molecule has 4 rings (SSSR count). The highest BCUT2D eigenvalue weighted by molar-refractivity contribution is 5.46. The molecule has 1 unspecified atom stereocenters. The lowest BCUT2D eigenvalue weighted by molar-refractivity contribution is -0.144. The Hall–Kier alpha value is -1.68. The fourth-order valence-electron chi connectivity index (χ4n) is 3.83. The van der Waals surface area contributed by atoms with E-state index >= 15 is 0 Å². The minimum Gasteiger partial charge on any atom is -0.339 e. The minimum absolute atomic E-state index is 0.0872. The third kappa shape index (κ3) is 2.49. The Morgan fingerprint density at radius 1 is 0.957 bits per heavy atom. The van der Waals surface area contributed by atoms with Gasteiger partial charge in [-0.15, -0.1) is 0 Å². The number of benzene rings is 2. The van der Waals surface area contributed by atoms with Crippen molar-refractivity contribution in [3.8, 4) is 0 Å². The summed E-state index contributed by atoms with van der Waals surface area (Å²) in [6, 6.07) is 17.1. The third-order valence-electron chi connectivity index (χ3n) is 4.78. The number of rotatable bonds is 2. The van der Waals surface area contributed by atoms with E-state index in [1.807, 2.05) is 0 Å². The molecule has 2 aromatic rings. The number of nitrogens with zero attached hydrogens (tertiary/aromatic N) is 1. The predicted molar refractivity (Wildman–Crippen MR) is 90.5 cm³/mol. The van der Waals surface area contributed by atoms with Crippen molar-refractivity contribution in [3.63, 3.8) is 0 Å². The molecule has 1 fully saturated rings. The lowest BCUT2D eigenvalue weighted by Crippen LogP contribution is -2.33. The smallest absolute Gasteiger partial charge is 0.223 e. The van der Waals surface area contributed by atoms with Crippen molar-refractivity contribution in [3.05, 3.63) is 70.8 Å². The lowest BCUT2D eigenvalue weighted by atomic mass is 9.93. The van der Waals surface area contributed by atoms with Crippen molar-refractivity contribution in [2.24, 2.45) is 0 Å². The van der Waals surface area contributed by atoms with Crippen LogP contribution in [0.2, 0.25) is 0 Å². The maximum Gasteiger partial charge on any atom is 0.223 e. The van der Waals surface area contributed by atoms with Crippen LogP contribution in [0, 0.1) is 0 Å². The molecule has 1 atom stereocenters. The summed E-state index contributed by atoms with van der Waals surface area (Å²) in [5.74, 6) is -0.746. The molecule has 1 spiro atoms. The van der Waals surface area contributed by atoms with Gasteiger partial charge in [0.2, 0.25) is 5.79 Å². The molecule has 1 heterocycles. The maximum absolute atomic E-state index is 6.57. The normalized spacial score (nSPS) is 22.0. The molecule has 2 aromatic carbocycles. The summed E-state index contributed by atoms with van der Waals surface area (Å²) >= 11 is 0. The molecule has 0 amide bonds. The summed E-state index contributed by atoms with van der Waals surface area (Å²) in [5.41, 5.74) is 5.00. The number of aryl methyl sites for hydroxylation is 2. The van der Waals surface area contributed by atoms with Gasteiger partial charge in [0.1, 0.15) is 0 Å². The molecule has 0 bridgehead atoms. The number of hydrogen-bond donors (Lipinski definition) is 0. The first-order valence-corrected chi connectivity index (χ1v) is 8.32. The number of fused-ring (bicyclic) bond motifs is 4. The Morgan fingerprint density at radius 3 is 2.09 bits per heavy atom. The highest BCUT2D eigenvalue weighted by atomic mass is 16.7. The second kappa shape index (κ2) is 5.75. The van der Waals surface area contributed by atoms with Gasteiger partial charge in [0.25, 0.3) is 0 Å². The van der Waals surface area contributed by atoms with E-state index in [4.69, 9.17) is 9.47 Å². The molecule has 1 aliphatic carbocycles. The second-order valence-corrected chi connectivity index (χ2v) is 6.74. The van der Waals surface area contributed by atoms with Crippen LogP contribution >= 0.6 is 0 Å². The summed E-state index contributed by atoms with van der Waals surface area (Å²) < 4.78 is 12.9. The molecule has 0 aromatic heterocycles. The molecule has 120 valence electrons. The van der Waals surface area contributed by atoms with Crippen LogP contribution < -0.4 is 0 Å². The van der Waals surface area contributed by atoms with Gasteiger partial charge in [-0.05, 0) is 38.1 Å². The van der Waals surface area contributed by atoms with Crippen molar-refractivity contribution >= 4 is 0 Å². The van der Waals surface area contributed by atoms with Crippen molar-refractivity contribution in [2.75, 3.05) is 27.2 Å². The van der Waals surface area contributed by atoms with E-state index in [1.54, 1.807) is 0 Å². The molecule has 1 aliphatic heterocycles. The van der Waals surface area contributed by atoms with Gasteiger partial charge in [-0.25, -0.2) is 0 Å². The molecule has 2 aliphatic rings. The SMILES string of the molecule is CN(C)CC1COC2(O1)c1ccccc1CCc1ccccc12. The molecule has 1 saturated heterocycles. The molecule has 0 saturated carbocycles. The van der Waals surface area contributed by atoms with Gasteiger partial charge in [-0.1, -0.05) is 48.5 Å². The molecule has 3 heteroatoms. The fourth-order valence-corrected chi connectivity index (χ4v) is 3.83. The first kappa shape index (κ1) is 14.9. The number of hydrogen-bond acceptors (Lipinski definition) is 3. The first-order valence-electron chi connectivity index (χ1n) is 8.32. The van der Waals surface area contributed by atoms with Crippen LogP contribution in [-0.2, 0) is 28.1 Å². The van der Waals surface area contributed by atoms with Crippen LogP contribution in [0.5, 0.6) is 0 Å². The zero-order valence-electron chi connectivity index (χ0n) is 13.8. The zero-order valence-corrected chi connectivity index (χ0v) is 13.8. The Labute approximate surface area is 137 Å². The quantitative estimate of drug-likeness (QED) is 0.851. The summed E-state index contributed by atoms with van der Waals surface area (Å²) in [6.45, 7) is 1.49. The van der Waals surface area contributed by atoms with E-state index < -0.39 is 5.79 Å². The first-order chi connectivity index (χ1) is 11.2. The minimum atomic E-state index is -0.746. The van der Waals surface area contributed by atoms with Crippen LogP contribution in [0.15, 0.2) is 48.5 Å². The average molecular weight is 309 g/mol. The van der Waals surface area contributed by atoms with E-state index in [-0.39, 0.29) is 6.10 Å². The van der Waals surface area contributed by atoms with Crippen LogP contribution in [0.1, 0.15) is 22.3 Å². The van der Waals surface area contributed by atoms with Crippen LogP contribution in [0.3, 0.4) is 0 Å². The molecule has 0 N–H and O–H groups in total. The van der Waals surface area contributed by atoms with Gasteiger partial charge in [-0.3, -0.25) is 0 Å². The van der Waals surface area contributed by atoms with Crippen LogP contribution in [0.25, 0.3) is 0 Å². The van der Waals surface area contributed by atoms with Gasteiger partial charge in [0.05, 0.1) is 12.7 Å². The van der Waals surface area contributed by atoms with Gasteiger partial charge in [0.15, 0.2) is 0 Å². The van der Waals surface area contributed by atoms with Crippen molar-refractivity contribution in [2.45, 2.75) is 24.7 Å². The average Bonchev–Trinajstić information content (AvgIpc) is 2.91. The van der Waals surface area contributed by atoms with Gasteiger partial charge in [0, 0.05) is 17.7 Å². The Kier molecular flexibility index (Phi) is 3.72. The van der Waals surface area contributed by atoms with Crippen LogP contribution in [0.4, 0.5) is 0 Å².